The second-order valence-electron chi connectivity index (χ2n) is 8.53. The lowest BCUT2D eigenvalue weighted by atomic mass is 9.48. The molecule has 4 aliphatic rings. The molecule has 1 aromatic heterocycles. The summed E-state index contributed by atoms with van der Waals surface area (Å²) in [7, 11) is 0. The number of esters is 1. The van der Waals surface area contributed by atoms with Crippen LogP contribution in [0.5, 0.6) is 0 Å². The normalized spacial score (nSPS) is 33.3. The van der Waals surface area contributed by atoms with Crippen molar-refractivity contribution in [3.63, 3.8) is 0 Å². The first kappa shape index (κ1) is 17.4. The summed E-state index contributed by atoms with van der Waals surface area (Å²) in [6.45, 7) is 1.89. The minimum Gasteiger partial charge on any atom is -0.465 e. The zero-order valence-corrected chi connectivity index (χ0v) is 15.3. The number of ether oxygens (including phenoxy) is 1. The SMILES string of the molecule is C[C@H](NC(=O)COC(=O)/C=C/c1ccco1)C12CC3CC(CC(C3)C1)C2. The average Bonchev–Trinajstić information content (AvgIpc) is 3.10. The molecule has 4 saturated carbocycles. The second kappa shape index (κ2) is 6.93. The third-order valence-corrected chi connectivity index (χ3v) is 6.65. The van der Waals surface area contributed by atoms with Crippen molar-refractivity contribution in [2.45, 2.75) is 51.5 Å². The van der Waals surface area contributed by atoms with Crippen molar-refractivity contribution in [2.75, 3.05) is 6.61 Å². The van der Waals surface area contributed by atoms with E-state index in [1.807, 2.05) is 0 Å². The lowest BCUT2D eigenvalue weighted by Crippen LogP contribution is -2.56. The molecule has 4 aliphatic carbocycles. The molecule has 0 radical (unpaired) electrons. The van der Waals surface area contributed by atoms with E-state index in [1.54, 1.807) is 12.1 Å². The molecule has 4 bridgehead atoms. The lowest BCUT2D eigenvalue weighted by molar-refractivity contribution is -0.145. The number of amides is 1. The topological polar surface area (TPSA) is 68.5 Å². The fourth-order valence-corrected chi connectivity index (χ4v) is 5.87. The monoisotopic (exact) mass is 357 g/mol. The number of hydrogen-bond acceptors (Lipinski definition) is 4. The predicted octanol–water partition coefficient (Wildman–Crippen LogP) is 3.56. The van der Waals surface area contributed by atoms with Crippen molar-refractivity contribution in [2.24, 2.45) is 23.2 Å². The van der Waals surface area contributed by atoms with Gasteiger partial charge in [0.2, 0.25) is 0 Å². The van der Waals surface area contributed by atoms with E-state index in [0.717, 1.165) is 17.8 Å². The molecule has 1 amide bonds. The largest absolute Gasteiger partial charge is 0.465 e. The number of carbonyl (C=O) groups excluding carboxylic acids is 2. The van der Waals surface area contributed by atoms with E-state index >= 15 is 0 Å². The van der Waals surface area contributed by atoms with Gasteiger partial charge in [-0.15, -0.1) is 0 Å². The van der Waals surface area contributed by atoms with Crippen LogP contribution in [0.1, 0.15) is 51.2 Å². The molecular weight excluding hydrogens is 330 g/mol. The molecule has 4 fully saturated rings. The molecule has 0 spiro atoms. The molecule has 0 aliphatic heterocycles. The molecule has 5 heteroatoms. The highest BCUT2D eigenvalue weighted by Gasteiger charge is 2.53. The highest BCUT2D eigenvalue weighted by atomic mass is 16.5. The maximum Gasteiger partial charge on any atom is 0.331 e. The Labute approximate surface area is 154 Å². The number of furan rings is 1. The highest BCUT2D eigenvalue weighted by molar-refractivity contribution is 5.88. The van der Waals surface area contributed by atoms with Crippen LogP contribution >= 0.6 is 0 Å². The van der Waals surface area contributed by atoms with Crippen LogP contribution in [-0.4, -0.2) is 24.5 Å². The molecular formula is C21H27NO4. The predicted molar refractivity (Wildman–Crippen MR) is 96.9 cm³/mol. The van der Waals surface area contributed by atoms with Crippen molar-refractivity contribution in [3.8, 4) is 0 Å². The van der Waals surface area contributed by atoms with Gasteiger partial charge in [-0.25, -0.2) is 4.79 Å². The van der Waals surface area contributed by atoms with Gasteiger partial charge in [-0.3, -0.25) is 4.79 Å². The quantitative estimate of drug-likeness (QED) is 0.624. The first-order valence-electron chi connectivity index (χ1n) is 9.70. The molecule has 5 rings (SSSR count). The third-order valence-electron chi connectivity index (χ3n) is 6.65. The summed E-state index contributed by atoms with van der Waals surface area (Å²) >= 11 is 0. The third kappa shape index (κ3) is 3.57. The molecule has 1 heterocycles. The van der Waals surface area contributed by atoms with Crippen LogP contribution in [0.4, 0.5) is 0 Å². The molecule has 0 saturated heterocycles. The van der Waals surface area contributed by atoms with Crippen molar-refractivity contribution < 1.29 is 18.7 Å². The fourth-order valence-electron chi connectivity index (χ4n) is 5.87. The Morgan fingerprint density at radius 2 is 1.92 bits per heavy atom. The maximum absolute atomic E-state index is 12.3. The van der Waals surface area contributed by atoms with Gasteiger partial charge in [0.25, 0.3) is 5.91 Å². The molecule has 26 heavy (non-hydrogen) atoms. The van der Waals surface area contributed by atoms with Crippen molar-refractivity contribution in [1.29, 1.82) is 0 Å². The minimum atomic E-state index is -0.543. The van der Waals surface area contributed by atoms with Crippen LogP contribution in [-0.2, 0) is 14.3 Å². The second-order valence-corrected chi connectivity index (χ2v) is 8.53. The van der Waals surface area contributed by atoms with Crippen molar-refractivity contribution >= 4 is 18.0 Å². The van der Waals surface area contributed by atoms with Crippen LogP contribution in [0.3, 0.4) is 0 Å². The van der Waals surface area contributed by atoms with E-state index in [1.165, 1.54) is 56.9 Å². The fraction of sp³-hybridized carbons (Fsp3) is 0.619. The zero-order valence-electron chi connectivity index (χ0n) is 15.3. The Morgan fingerprint density at radius 1 is 1.27 bits per heavy atom. The van der Waals surface area contributed by atoms with Gasteiger partial charge in [-0.05, 0) is 86.8 Å². The van der Waals surface area contributed by atoms with Crippen molar-refractivity contribution in [1.82, 2.24) is 5.32 Å². The highest BCUT2D eigenvalue weighted by Crippen LogP contribution is 2.61. The number of nitrogens with one attached hydrogen (secondary N) is 1. The van der Waals surface area contributed by atoms with E-state index in [4.69, 9.17) is 9.15 Å². The standard InChI is InChI=1S/C21H27NO4/c1-14(21-10-15-7-16(11-21)9-17(8-15)12-21)22-19(23)13-26-20(24)5-4-18-3-2-6-25-18/h2-6,14-17H,7-13H2,1H3,(H,22,23)/b5-4+/t14-,15?,16?,17?,21?/m0/s1. The first-order chi connectivity index (χ1) is 12.5. The summed E-state index contributed by atoms with van der Waals surface area (Å²) in [5.74, 6) is 2.37. The molecule has 0 aromatic carbocycles. The summed E-state index contributed by atoms with van der Waals surface area (Å²) < 4.78 is 10.1. The molecule has 1 aromatic rings. The lowest BCUT2D eigenvalue weighted by Gasteiger charge is -2.59. The Morgan fingerprint density at radius 3 is 2.50 bits per heavy atom. The molecule has 1 atom stereocenters. The van der Waals surface area contributed by atoms with Crippen LogP contribution in [0.2, 0.25) is 0 Å². The smallest absolute Gasteiger partial charge is 0.331 e. The van der Waals surface area contributed by atoms with Gasteiger partial charge in [0.1, 0.15) is 5.76 Å². The Hall–Kier alpha value is -2.04. The van der Waals surface area contributed by atoms with E-state index in [9.17, 15) is 9.59 Å². The van der Waals surface area contributed by atoms with Crippen LogP contribution in [0.15, 0.2) is 28.9 Å². The Kier molecular flexibility index (Phi) is 4.63. The van der Waals surface area contributed by atoms with E-state index in [-0.39, 0.29) is 24.0 Å². The average molecular weight is 357 g/mol. The van der Waals surface area contributed by atoms with Gasteiger partial charge in [0, 0.05) is 12.1 Å². The molecule has 5 nitrogen and oxygen atoms in total. The number of carbonyl (C=O) groups is 2. The Balaban J connectivity index is 1.26. The Bertz CT molecular complexity index is 656. The summed E-state index contributed by atoms with van der Waals surface area (Å²) in [5.41, 5.74) is 0.258. The van der Waals surface area contributed by atoms with Gasteiger partial charge in [-0.2, -0.15) is 0 Å². The van der Waals surface area contributed by atoms with E-state index < -0.39 is 5.97 Å². The summed E-state index contributed by atoms with van der Waals surface area (Å²) in [6, 6.07) is 3.62. The summed E-state index contributed by atoms with van der Waals surface area (Å²) in [4.78, 5) is 24.0. The van der Waals surface area contributed by atoms with Gasteiger partial charge in [0.15, 0.2) is 6.61 Å². The van der Waals surface area contributed by atoms with Crippen molar-refractivity contribution in [3.05, 3.63) is 30.2 Å². The van der Waals surface area contributed by atoms with Crippen LogP contribution in [0.25, 0.3) is 6.08 Å². The number of hydrogen-bond donors (Lipinski definition) is 1. The van der Waals surface area contributed by atoms with Crippen LogP contribution < -0.4 is 5.32 Å². The molecule has 1 N–H and O–H groups in total. The maximum atomic E-state index is 12.3. The molecule has 0 unspecified atom stereocenters. The van der Waals surface area contributed by atoms with E-state index in [0.29, 0.717) is 5.76 Å². The number of rotatable bonds is 6. The summed E-state index contributed by atoms with van der Waals surface area (Å²) in [5, 5.41) is 3.10. The molecule has 140 valence electrons. The van der Waals surface area contributed by atoms with Gasteiger partial charge in [-0.1, -0.05) is 0 Å². The van der Waals surface area contributed by atoms with E-state index in [2.05, 4.69) is 12.2 Å². The van der Waals surface area contributed by atoms with Gasteiger partial charge >= 0.3 is 5.97 Å². The van der Waals surface area contributed by atoms with Crippen LogP contribution in [0, 0.1) is 23.2 Å². The zero-order chi connectivity index (χ0) is 18.1. The minimum absolute atomic E-state index is 0.140. The van der Waals surface area contributed by atoms with Gasteiger partial charge < -0.3 is 14.5 Å². The summed E-state index contributed by atoms with van der Waals surface area (Å²) in [6.07, 6.45) is 12.2. The first-order valence-corrected chi connectivity index (χ1v) is 9.70. The van der Waals surface area contributed by atoms with Gasteiger partial charge in [0.05, 0.1) is 6.26 Å².